The van der Waals surface area contributed by atoms with Crippen molar-refractivity contribution in [3.8, 4) is 0 Å². The number of carbonyl (C=O) groups excluding carboxylic acids is 2. The van der Waals surface area contributed by atoms with Crippen molar-refractivity contribution < 1.29 is 9.59 Å². The van der Waals surface area contributed by atoms with E-state index in [0.717, 1.165) is 12.1 Å². The third-order valence-corrected chi connectivity index (χ3v) is 3.87. The first-order valence-corrected chi connectivity index (χ1v) is 8.56. The third kappa shape index (κ3) is 4.55. The van der Waals surface area contributed by atoms with Crippen LogP contribution in [0, 0.1) is 6.92 Å². The van der Waals surface area contributed by atoms with Crippen LogP contribution in [0.25, 0.3) is 11.0 Å². The Kier molecular flexibility index (Phi) is 5.45. The molecule has 0 bridgehead atoms. The minimum Gasteiger partial charge on any atom is -0.350 e. The standard InChI is InChI=1S/C18H27N5O2/c1-7-12(3)23-16-14(9-20-23)13(8-11(2)21-16)17(25)19-10-15(24)22-18(4,5)6/h8-9,12H,7,10H2,1-6H3,(H,19,25)(H,22,24). The van der Waals surface area contributed by atoms with Crippen molar-refractivity contribution in [2.75, 3.05) is 6.54 Å². The molecule has 25 heavy (non-hydrogen) atoms. The van der Waals surface area contributed by atoms with Crippen molar-refractivity contribution in [3.05, 3.63) is 23.5 Å². The summed E-state index contributed by atoms with van der Waals surface area (Å²) in [6, 6.07) is 1.92. The quantitative estimate of drug-likeness (QED) is 0.870. The molecule has 2 N–H and O–H groups in total. The Bertz CT molecular complexity index is 789. The van der Waals surface area contributed by atoms with E-state index in [4.69, 9.17) is 0 Å². The highest BCUT2D eigenvalue weighted by Crippen LogP contribution is 2.22. The molecule has 0 spiro atoms. The van der Waals surface area contributed by atoms with Gasteiger partial charge in [-0.25, -0.2) is 9.67 Å². The minimum absolute atomic E-state index is 0.0710. The fourth-order valence-electron chi connectivity index (χ4n) is 2.54. The average Bonchev–Trinajstić information content (AvgIpc) is 2.93. The normalized spacial score (nSPS) is 12.9. The second-order valence-electron chi connectivity index (χ2n) is 7.38. The van der Waals surface area contributed by atoms with Gasteiger partial charge in [0.05, 0.1) is 29.7 Å². The summed E-state index contributed by atoms with van der Waals surface area (Å²) in [5.41, 5.74) is 1.58. The largest absolute Gasteiger partial charge is 0.350 e. The fourth-order valence-corrected chi connectivity index (χ4v) is 2.54. The fraction of sp³-hybridized carbons (Fsp3) is 0.556. The van der Waals surface area contributed by atoms with Gasteiger partial charge in [-0.1, -0.05) is 6.92 Å². The van der Waals surface area contributed by atoms with Gasteiger partial charge in [-0.3, -0.25) is 9.59 Å². The number of fused-ring (bicyclic) bond motifs is 1. The van der Waals surface area contributed by atoms with Crippen LogP contribution in [0.2, 0.25) is 0 Å². The molecule has 7 nitrogen and oxygen atoms in total. The van der Waals surface area contributed by atoms with Gasteiger partial charge in [-0.05, 0) is 47.1 Å². The summed E-state index contributed by atoms with van der Waals surface area (Å²) in [5, 5.41) is 10.6. The number of carbonyl (C=O) groups is 2. The summed E-state index contributed by atoms with van der Waals surface area (Å²) in [7, 11) is 0. The maximum Gasteiger partial charge on any atom is 0.252 e. The molecule has 2 rings (SSSR count). The molecule has 0 radical (unpaired) electrons. The first-order valence-electron chi connectivity index (χ1n) is 8.56. The first-order chi connectivity index (χ1) is 11.6. The topological polar surface area (TPSA) is 88.9 Å². The summed E-state index contributed by atoms with van der Waals surface area (Å²) in [5.74, 6) is -0.526. The highest BCUT2D eigenvalue weighted by atomic mass is 16.2. The zero-order valence-electron chi connectivity index (χ0n) is 15.8. The Labute approximate surface area is 148 Å². The van der Waals surface area contributed by atoms with E-state index in [1.165, 1.54) is 0 Å². The highest BCUT2D eigenvalue weighted by Gasteiger charge is 2.19. The third-order valence-electron chi connectivity index (χ3n) is 3.87. The van der Waals surface area contributed by atoms with Crippen LogP contribution < -0.4 is 10.6 Å². The van der Waals surface area contributed by atoms with Crippen molar-refractivity contribution in [1.82, 2.24) is 25.4 Å². The van der Waals surface area contributed by atoms with Crippen LogP contribution in [0.1, 0.15) is 63.1 Å². The molecule has 2 amide bonds. The molecule has 0 fully saturated rings. The molecular formula is C18H27N5O2. The summed E-state index contributed by atoms with van der Waals surface area (Å²) in [6.07, 6.45) is 2.58. The van der Waals surface area contributed by atoms with Gasteiger partial charge in [0.15, 0.2) is 5.65 Å². The van der Waals surface area contributed by atoms with Crippen LogP contribution in [-0.4, -0.2) is 38.7 Å². The molecular weight excluding hydrogens is 318 g/mol. The molecule has 0 aliphatic carbocycles. The van der Waals surface area contributed by atoms with E-state index in [0.29, 0.717) is 16.6 Å². The first kappa shape index (κ1) is 18.9. The van der Waals surface area contributed by atoms with Gasteiger partial charge in [-0.15, -0.1) is 0 Å². The zero-order valence-corrected chi connectivity index (χ0v) is 15.8. The van der Waals surface area contributed by atoms with Gasteiger partial charge < -0.3 is 10.6 Å². The van der Waals surface area contributed by atoms with Crippen molar-refractivity contribution >= 4 is 22.8 Å². The second kappa shape index (κ2) is 7.21. The van der Waals surface area contributed by atoms with Gasteiger partial charge in [0.1, 0.15) is 0 Å². The maximum atomic E-state index is 12.6. The lowest BCUT2D eigenvalue weighted by molar-refractivity contribution is -0.121. The number of pyridine rings is 1. The molecule has 0 aromatic carbocycles. The van der Waals surface area contributed by atoms with Crippen LogP contribution in [-0.2, 0) is 4.79 Å². The predicted octanol–water partition coefficient (Wildman–Crippen LogP) is 2.36. The van der Waals surface area contributed by atoms with Gasteiger partial charge in [0, 0.05) is 11.2 Å². The molecule has 2 aromatic rings. The Morgan fingerprint density at radius 3 is 2.60 bits per heavy atom. The number of rotatable bonds is 5. The number of aromatic nitrogens is 3. The lowest BCUT2D eigenvalue weighted by atomic mass is 10.1. The number of amides is 2. The van der Waals surface area contributed by atoms with Crippen LogP contribution in [0.5, 0.6) is 0 Å². The molecule has 1 unspecified atom stereocenters. The van der Waals surface area contributed by atoms with E-state index < -0.39 is 0 Å². The van der Waals surface area contributed by atoms with Gasteiger partial charge in [0.2, 0.25) is 5.91 Å². The SMILES string of the molecule is CCC(C)n1ncc2c(C(=O)NCC(=O)NC(C)(C)C)cc(C)nc21. The molecule has 0 saturated carbocycles. The molecule has 1 atom stereocenters. The summed E-state index contributed by atoms with van der Waals surface area (Å²) in [4.78, 5) is 29.0. The molecule has 7 heteroatoms. The number of nitrogens with zero attached hydrogens (tertiary/aromatic N) is 3. The van der Waals surface area contributed by atoms with E-state index in [1.54, 1.807) is 12.3 Å². The highest BCUT2D eigenvalue weighted by molar-refractivity contribution is 6.06. The summed E-state index contributed by atoms with van der Waals surface area (Å²) < 4.78 is 1.84. The van der Waals surface area contributed by atoms with E-state index in [2.05, 4.69) is 34.6 Å². The summed E-state index contributed by atoms with van der Waals surface area (Å²) >= 11 is 0. The van der Waals surface area contributed by atoms with Crippen LogP contribution >= 0.6 is 0 Å². The Hall–Kier alpha value is -2.44. The van der Waals surface area contributed by atoms with Gasteiger partial charge in [-0.2, -0.15) is 5.10 Å². The smallest absolute Gasteiger partial charge is 0.252 e. The van der Waals surface area contributed by atoms with Crippen molar-refractivity contribution in [3.63, 3.8) is 0 Å². The van der Waals surface area contributed by atoms with E-state index in [-0.39, 0.29) is 29.9 Å². The van der Waals surface area contributed by atoms with Crippen LogP contribution in [0.15, 0.2) is 12.3 Å². The molecule has 2 heterocycles. The lowest BCUT2D eigenvalue weighted by Crippen LogP contribution is -2.45. The number of aryl methyl sites for hydroxylation is 1. The number of hydrogen-bond donors (Lipinski definition) is 2. The Balaban J connectivity index is 2.24. The molecule has 2 aromatic heterocycles. The van der Waals surface area contributed by atoms with E-state index >= 15 is 0 Å². The Morgan fingerprint density at radius 1 is 1.32 bits per heavy atom. The monoisotopic (exact) mass is 345 g/mol. The van der Waals surface area contributed by atoms with Gasteiger partial charge >= 0.3 is 0 Å². The summed E-state index contributed by atoms with van der Waals surface area (Å²) in [6.45, 7) is 11.6. The molecule has 136 valence electrons. The maximum absolute atomic E-state index is 12.6. The number of nitrogens with one attached hydrogen (secondary N) is 2. The second-order valence-corrected chi connectivity index (χ2v) is 7.38. The van der Waals surface area contributed by atoms with Crippen molar-refractivity contribution in [1.29, 1.82) is 0 Å². The molecule has 0 aliphatic heterocycles. The predicted molar refractivity (Wildman–Crippen MR) is 97.5 cm³/mol. The molecule has 0 saturated heterocycles. The molecule has 0 aliphatic rings. The van der Waals surface area contributed by atoms with Gasteiger partial charge in [0.25, 0.3) is 5.91 Å². The van der Waals surface area contributed by atoms with Crippen LogP contribution in [0.3, 0.4) is 0 Å². The van der Waals surface area contributed by atoms with Crippen LogP contribution in [0.4, 0.5) is 0 Å². The lowest BCUT2D eigenvalue weighted by Gasteiger charge is -2.20. The Morgan fingerprint density at radius 2 is 2.00 bits per heavy atom. The van der Waals surface area contributed by atoms with Crippen molar-refractivity contribution in [2.45, 2.75) is 59.5 Å². The minimum atomic E-state index is -0.334. The van der Waals surface area contributed by atoms with Crippen molar-refractivity contribution in [2.24, 2.45) is 0 Å². The van der Waals surface area contributed by atoms with E-state index in [1.807, 2.05) is 32.4 Å². The van der Waals surface area contributed by atoms with E-state index in [9.17, 15) is 9.59 Å². The zero-order chi connectivity index (χ0) is 18.8. The average molecular weight is 345 g/mol. The number of hydrogen-bond acceptors (Lipinski definition) is 4.